The van der Waals surface area contributed by atoms with Crippen LogP contribution in [-0.2, 0) is 6.42 Å². The fourth-order valence-corrected chi connectivity index (χ4v) is 6.84. The molecule has 3 nitrogen and oxygen atoms in total. The molecule has 68 heavy (non-hydrogen) atoms. The molecule has 1 heterocycles. The van der Waals surface area contributed by atoms with E-state index in [2.05, 4.69) is 221 Å². The van der Waals surface area contributed by atoms with Crippen molar-refractivity contribution in [3.8, 4) is 12.3 Å². The van der Waals surface area contributed by atoms with E-state index in [1.54, 1.807) is 0 Å². The third-order valence-electron chi connectivity index (χ3n) is 10.3. The minimum Gasteiger partial charge on any atom is -0.348 e. The Hall–Kier alpha value is -7.28. The van der Waals surface area contributed by atoms with Crippen LogP contribution in [0, 0.1) is 25.2 Å². The van der Waals surface area contributed by atoms with Gasteiger partial charge in [0.15, 0.2) is 0 Å². The number of allylic oxidation sites excluding steroid dienone is 25. The van der Waals surface area contributed by atoms with E-state index in [0.717, 1.165) is 53.4 Å². The summed E-state index contributed by atoms with van der Waals surface area (Å²) in [5.41, 5.74) is 12.7. The number of aryl methyl sites for hydroxylation is 1. The van der Waals surface area contributed by atoms with E-state index in [0.29, 0.717) is 0 Å². The summed E-state index contributed by atoms with van der Waals surface area (Å²) in [7, 11) is 2.16. The third kappa shape index (κ3) is 20.9. The van der Waals surface area contributed by atoms with Gasteiger partial charge >= 0.3 is 0 Å². The fourth-order valence-electron chi connectivity index (χ4n) is 6.84. The number of hydrogen-bond donors (Lipinski definition) is 0. The molecule has 1 aliphatic heterocycles. The summed E-state index contributed by atoms with van der Waals surface area (Å²) in [4.78, 5) is 6.82. The fraction of sp³-hybridized carbons (Fsp3) is 0.231. The van der Waals surface area contributed by atoms with E-state index in [1.807, 2.05) is 101 Å². The highest BCUT2D eigenvalue weighted by molar-refractivity contribution is 5.70. The molecule has 1 atom stereocenters. The van der Waals surface area contributed by atoms with Crippen molar-refractivity contribution in [1.29, 1.82) is 0 Å². The molecule has 0 bridgehead atoms. The van der Waals surface area contributed by atoms with Gasteiger partial charge < -0.3 is 14.7 Å². The molecule has 3 aromatic rings. The second-order valence-electron chi connectivity index (χ2n) is 15.8. The molecular weight excluding hydrogens is 823 g/mol. The van der Waals surface area contributed by atoms with E-state index < -0.39 is 0 Å². The van der Waals surface area contributed by atoms with E-state index in [4.69, 9.17) is 6.42 Å². The summed E-state index contributed by atoms with van der Waals surface area (Å²) in [5.74, 6) is 2.83. The van der Waals surface area contributed by atoms with Crippen molar-refractivity contribution < 1.29 is 0 Å². The van der Waals surface area contributed by atoms with Crippen LogP contribution in [0.15, 0.2) is 259 Å². The van der Waals surface area contributed by atoms with Crippen molar-refractivity contribution in [3.63, 3.8) is 0 Å². The van der Waals surface area contributed by atoms with Crippen LogP contribution in [0.1, 0.15) is 86.3 Å². The van der Waals surface area contributed by atoms with Crippen LogP contribution in [0.2, 0.25) is 0 Å². The molecule has 0 fully saturated rings. The molecule has 3 heteroatoms. The SMILES string of the molecule is C#CC1C=CN(c2ccccc2)C(/C=C\Cc2cc(N(C)C3=CC=C(C)C=CC3)cc(N(/C(C)=C/C=C(C)\C=C/C)C(/C=C\CC)=C/C=C)c2)=C1.CC.C\C=C/C=C\C=C\C.Cc1ccccc1. The Morgan fingerprint density at radius 2 is 1.47 bits per heavy atom. The van der Waals surface area contributed by atoms with Crippen molar-refractivity contribution in [1.82, 2.24) is 0 Å². The van der Waals surface area contributed by atoms with Crippen molar-refractivity contribution in [2.75, 3.05) is 21.7 Å². The van der Waals surface area contributed by atoms with Crippen molar-refractivity contribution in [2.24, 2.45) is 5.92 Å². The summed E-state index contributed by atoms with van der Waals surface area (Å²) < 4.78 is 0. The first-order valence-corrected chi connectivity index (χ1v) is 24.1. The zero-order valence-corrected chi connectivity index (χ0v) is 43.1. The van der Waals surface area contributed by atoms with Gasteiger partial charge in [-0.15, -0.1) is 6.42 Å². The van der Waals surface area contributed by atoms with Crippen LogP contribution in [0.5, 0.6) is 0 Å². The maximum absolute atomic E-state index is 5.85. The van der Waals surface area contributed by atoms with E-state index in [-0.39, 0.29) is 5.92 Å². The number of para-hydroxylation sites is 1. The van der Waals surface area contributed by atoms with Gasteiger partial charge in [-0.25, -0.2) is 0 Å². The highest BCUT2D eigenvalue weighted by Crippen LogP contribution is 2.34. The summed E-state index contributed by atoms with van der Waals surface area (Å²) in [6.07, 6.45) is 56.8. The predicted octanol–water partition coefficient (Wildman–Crippen LogP) is 18.2. The maximum Gasteiger partial charge on any atom is 0.0600 e. The van der Waals surface area contributed by atoms with Crippen LogP contribution < -0.4 is 14.7 Å². The minimum absolute atomic E-state index is 0.0483. The third-order valence-corrected chi connectivity index (χ3v) is 10.3. The molecule has 0 saturated heterocycles. The maximum atomic E-state index is 5.85. The van der Waals surface area contributed by atoms with Gasteiger partial charge in [-0.05, 0) is 140 Å². The highest BCUT2D eigenvalue weighted by Gasteiger charge is 2.18. The number of hydrogen-bond acceptors (Lipinski definition) is 3. The quantitative estimate of drug-likeness (QED) is 0.105. The molecular formula is C65H79N3. The van der Waals surface area contributed by atoms with Crippen LogP contribution in [0.3, 0.4) is 0 Å². The molecule has 0 N–H and O–H groups in total. The standard InChI is InChI=1S/C48H53N3.C8H12.C7H8.C2H6/c1-9-13-23-45(20-11-3)51(40(7)30-28-38(5)19-10-2)48-36-42(35-47(37-48)49(8)43-26-17-21-39(6)29-31-43)22-18-27-46-34-41(12-4)32-33-50(46)44-24-15-14-16-25-44;1-3-5-7-8-6-4-2;1-7-5-3-2-4-6-7;1-2/h4,10-11,13-21,23-25,27-37,41H,3,9,22,26H2,1-2,5-8H3;3-8H,1-2H3;2-6H,1H3;1-2H3/b19-10-,23-13-,27-18-,38-28-,40-30+,45-20+;5-3-,6-4+,8-7-;;. The van der Waals surface area contributed by atoms with Gasteiger partial charge in [-0.2, -0.15) is 0 Å². The van der Waals surface area contributed by atoms with Gasteiger partial charge in [0.05, 0.1) is 5.92 Å². The number of benzene rings is 3. The number of nitrogens with zero attached hydrogens (tertiary/aromatic N) is 3. The predicted molar refractivity (Wildman–Crippen MR) is 306 cm³/mol. The smallest absolute Gasteiger partial charge is 0.0600 e. The highest BCUT2D eigenvalue weighted by atomic mass is 15.2. The zero-order chi connectivity index (χ0) is 49.9. The molecule has 1 unspecified atom stereocenters. The Balaban J connectivity index is 0.000000787. The molecule has 2 aliphatic rings. The minimum atomic E-state index is -0.0483. The molecule has 0 spiro atoms. The van der Waals surface area contributed by atoms with Crippen LogP contribution in [-0.4, -0.2) is 7.05 Å². The first-order valence-electron chi connectivity index (χ1n) is 24.1. The number of terminal acetylenes is 1. The van der Waals surface area contributed by atoms with Gasteiger partial charge in [0, 0.05) is 59.5 Å². The molecule has 0 amide bonds. The molecule has 1 aliphatic carbocycles. The lowest BCUT2D eigenvalue weighted by molar-refractivity contribution is 1.01. The van der Waals surface area contributed by atoms with Crippen LogP contribution >= 0.6 is 0 Å². The van der Waals surface area contributed by atoms with E-state index >= 15 is 0 Å². The lowest BCUT2D eigenvalue weighted by Crippen LogP contribution is -2.21. The average Bonchev–Trinajstić information content (AvgIpc) is 3.59. The Bertz CT molecular complexity index is 2440. The lowest BCUT2D eigenvalue weighted by atomic mass is 10.0. The lowest BCUT2D eigenvalue weighted by Gasteiger charge is -2.30. The topological polar surface area (TPSA) is 9.72 Å². The summed E-state index contributed by atoms with van der Waals surface area (Å²) in [6.45, 7) is 24.8. The molecule has 5 rings (SSSR count). The van der Waals surface area contributed by atoms with Crippen LogP contribution in [0.4, 0.5) is 17.1 Å². The second-order valence-corrected chi connectivity index (χ2v) is 15.8. The first kappa shape index (κ1) is 56.8. The number of anilines is 3. The Morgan fingerprint density at radius 1 is 0.809 bits per heavy atom. The average molecular weight is 902 g/mol. The van der Waals surface area contributed by atoms with Gasteiger partial charge in [0.25, 0.3) is 0 Å². The summed E-state index contributed by atoms with van der Waals surface area (Å²) >= 11 is 0. The Kier molecular flexibility index (Phi) is 28.5. The van der Waals surface area contributed by atoms with Crippen molar-refractivity contribution in [2.45, 2.75) is 88.5 Å². The molecule has 0 saturated carbocycles. The van der Waals surface area contributed by atoms with Crippen molar-refractivity contribution in [3.05, 3.63) is 270 Å². The van der Waals surface area contributed by atoms with Gasteiger partial charge in [-0.1, -0.05) is 190 Å². The monoisotopic (exact) mass is 902 g/mol. The first-order chi connectivity index (χ1) is 33.1. The van der Waals surface area contributed by atoms with Crippen LogP contribution in [0.25, 0.3) is 0 Å². The largest absolute Gasteiger partial charge is 0.348 e. The van der Waals surface area contributed by atoms with E-state index in [1.165, 1.54) is 28.0 Å². The Labute approximate surface area is 414 Å². The van der Waals surface area contributed by atoms with Gasteiger partial charge in [0.1, 0.15) is 0 Å². The molecule has 354 valence electrons. The zero-order valence-electron chi connectivity index (χ0n) is 43.1. The number of rotatable bonds is 16. The second kappa shape index (κ2) is 34.1. The van der Waals surface area contributed by atoms with Crippen molar-refractivity contribution >= 4 is 17.1 Å². The molecule has 0 aromatic heterocycles. The molecule has 0 radical (unpaired) electrons. The van der Waals surface area contributed by atoms with Gasteiger partial charge in [-0.3, -0.25) is 0 Å². The molecule has 3 aromatic carbocycles. The van der Waals surface area contributed by atoms with E-state index in [9.17, 15) is 0 Å². The summed E-state index contributed by atoms with van der Waals surface area (Å²) in [5, 5.41) is 0. The normalized spacial score (nSPS) is 15.3. The summed E-state index contributed by atoms with van der Waals surface area (Å²) in [6, 6.07) is 27.5. The van der Waals surface area contributed by atoms with Gasteiger partial charge in [0.2, 0.25) is 0 Å². The Morgan fingerprint density at radius 3 is 2.06 bits per heavy atom.